The van der Waals surface area contributed by atoms with Crippen LogP contribution >= 0.6 is 11.8 Å². The Balaban J connectivity index is 2.10. The number of thioether (sulfide) groups is 1. The van der Waals surface area contributed by atoms with Crippen LogP contribution in [0.4, 0.5) is 0 Å². The van der Waals surface area contributed by atoms with Gasteiger partial charge >= 0.3 is 0 Å². The fourth-order valence-corrected chi connectivity index (χ4v) is 2.39. The quantitative estimate of drug-likeness (QED) is 0.728. The van der Waals surface area contributed by atoms with E-state index in [2.05, 4.69) is 5.32 Å². The molecule has 0 saturated carbocycles. The van der Waals surface area contributed by atoms with E-state index in [1.807, 2.05) is 6.92 Å². The largest absolute Gasteiger partial charge is 0.396 e. The van der Waals surface area contributed by atoms with E-state index < -0.39 is 0 Å². The fraction of sp³-hybridized carbons (Fsp3) is 0.909. The van der Waals surface area contributed by atoms with E-state index in [0.717, 1.165) is 32.5 Å². The first-order valence-electron chi connectivity index (χ1n) is 5.82. The van der Waals surface area contributed by atoms with Crippen molar-refractivity contribution in [2.75, 3.05) is 25.6 Å². The molecule has 4 nitrogen and oxygen atoms in total. The molecule has 1 atom stereocenters. The lowest BCUT2D eigenvalue weighted by Gasteiger charge is -2.23. The molecule has 1 aliphatic heterocycles. The Kier molecular flexibility index (Phi) is 6.84. The highest BCUT2D eigenvalue weighted by Crippen LogP contribution is 2.13. The number of amides is 1. The summed E-state index contributed by atoms with van der Waals surface area (Å²) >= 11 is 1.59. The van der Waals surface area contributed by atoms with Crippen molar-refractivity contribution < 1.29 is 14.6 Å². The van der Waals surface area contributed by atoms with E-state index in [0.29, 0.717) is 11.0 Å². The van der Waals surface area contributed by atoms with Crippen molar-refractivity contribution >= 4 is 17.7 Å². The first-order valence-corrected chi connectivity index (χ1v) is 6.87. The van der Waals surface area contributed by atoms with Crippen LogP contribution in [0.2, 0.25) is 0 Å². The number of aliphatic hydroxyl groups is 1. The minimum absolute atomic E-state index is 0.0988. The Morgan fingerprint density at radius 1 is 1.56 bits per heavy atom. The van der Waals surface area contributed by atoms with Gasteiger partial charge in [-0.2, -0.15) is 0 Å². The summed E-state index contributed by atoms with van der Waals surface area (Å²) in [5.74, 6) is 0.583. The molecule has 1 unspecified atom stereocenters. The second-order valence-corrected chi connectivity index (χ2v) is 5.51. The second kappa shape index (κ2) is 7.92. The molecule has 1 saturated heterocycles. The van der Waals surface area contributed by atoms with Crippen molar-refractivity contribution in [2.45, 2.75) is 37.5 Å². The van der Waals surface area contributed by atoms with Crippen LogP contribution in [-0.2, 0) is 9.53 Å². The maximum Gasteiger partial charge on any atom is 0.230 e. The van der Waals surface area contributed by atoms with Gasteiger partial charge in [-0.3, -0.25) is 4.79 Å². The number of nitrogens with one attached hydrogen (secondary N) is 1. The normalized spacial score (nSPS) is 19.4. The van der Waals surface area contributed by atoms with Crippen LogP contribution in [0.15, 0.2) is 0 Å². The number of hydrogen-bond donors (Lipinski definition) is 2. The van der Waals surface area contributed by atoms with Crippen LogP contribution in [0.3, 0.4) is 0 Å². The molecule has 0 radical (unpaired) electrons. The van der Waals surface area contributed by atoms with E-state index in [1.54, 1.807) is 11.8 Å². The molecule has 94 valence electrons. The van der Waals surface area contributed by atoms with Crippen LogP contribution in [0.1, 0.15) is 26.2 Å². The van der Waals surface area contributed by atoms with Gasteiger partial charge in [0.2, 0.25) is 5.91 Å². The molecule has 1 fully saturated rings. The SMILES string of the molecule is CC(CCO)SCC(=O)NC1CCOCC1. The lowest BCUT2D eigenvalue weighted by atomic mass is 10.1. The van der Waals surface area contributed by atoms with Crippen LogP contribution in [0.25, 0.3) is 0 Å². The Morgan fingerprint density at radius 3 is 2.88 bits per heavy atom. The Hall–Kier alpha value is -0.260. The lowest BCUT2D eigenvalue weighted by Crippen LogP contribution is -2.39. The molecule has 0 aromatic rings. The lowest BCUT2D eigenvalue weighted by molar-refractivity contribution is -0.119. The Bertz CT molecular complexity index is 207. The summed E-state index contributed by atoms with van der Waals surface area (Å²) < 4.78 is 5.23. The summed E-state index contributed by atoms with van der Waals surface area (Å²) in [6.07, 6.45) is 2.58. The highest BCUT2D eigenvalue weighted by Gasteiger charge is 2.16. The van der Waals surface area contributed by atoms with Gasteiger partial charge in [0.05, 0.1) is 5.75 Å². The summed E-state index contributed by atoms with van der Waals surface area (Å²) in [4.78, 5) is 11.6. The molecule has 0 spiro atoms. The van der Waals surface area contributed by atoms with Gasteiger partial charge < -0.3 is 15.2 Å². The van der Waals surface area contributed by atoms with Crippen molar-refractivity contribution in [3.63, 3.8) is 0 Å². The summed E-state index contributed by atoms with van der Waals surface area (Å²) in [5.41, 5.74) is 0. The minimum atomic E-state index is 0.0988. The zero-order valence-electron chi connectivity index (χ0n) is 9.78. The van der Waals surface area contributed by atoms with Crippen molar-refractivity contribution in [2.24, 2.45) is 0 Å². The zero-order chi connectivity index (χ0) is 11.8. The van der Waals surface area contributed by atoms with Crippen molar-refractivity contribution in [1.82, 2.24) is 5.32 Å². The number of carbonyl (C=O) groups excluding carboxylic acids is 1. The summed E-state index contributed by atoms with van der Waals surface area (Å²) in [5, 5.41) is 12.1. The molecule has 1 aliphatic rings. The molecule has 5 heteroatoms. The maximum atomic E-state index is 11.6. The highest BCUT2D eigenvalue weighted by molar-refractivity contribution is 8.00. The summed E-state index contributed by atoms with van der Waals surface area (Å²) in [7, 11) is 0. The average Bonchev–Trinajstić information content (AvgIpc) is 2.28. The molecule has 1 rings (SSSR count). The summed E-state index contributed by atoms with van der Waals surface area (Å²) in [6.45, 7) is 3.72. The van der Waals surface area contributed by atoms with Crippen LogP contribution in [0.5, 0.6) is 0 Å². The summed E-state index contributed by atoms with van der Waals surface area (Å²) in [6, 6.07) is 0.287. The van der Waals surface area contributed by atoms with E-state index in [-0.39, 0.29) is 18.6 Å². The topological polar surface area (TPSA) is 58.6 Å². The fourth-order valence-electron chi connectivity index (χ4n) is 1.59. The molecular formula is C11H21NO3S. The van der Waals surface area contributed by atoms with Crippen LogP contribution in [0, 0.1) is 0 Å². The minimum Gasteiger partial charge on any atom is -0.396 e. The van der Waals surface area contributed by atoms with Crippen molar-refractivity contribution in [1.29, 1.82) is 0 Å². The van der Waals surface area contributed by atoms with Crippen LogP contribution in [-0.4, -0.2) is 47.9 Å². The van der Waals surface area contributed by atoms with Gasteiger partial charge in [0.15, 0.2) is 0 Å². The first kappa shape index (κ1) is 13.8. The molecule has 0 bridgehead atoms. The van der Waals surface area contributed by atoms with Gasteiger partial charge in [-0.05, 0) is 19.3 Å². The molecular weight excluding hydrogens is 226 g/mol. The average molecular weight is 247 g/mol. The van der Waals surface area contributed by atoms with Gasteiger partial charge in [-0.1, -0.05) is 6.92 Å². The van der Waals surface area contributed by atoms with Crippen molar-refractivity contribution in [3.05, 3.63) is 0 Å². The van der Waals surface area contributed by atoms with Gasteiger partial charge in [0.1, 0.15) is 0 Å². The number of carbonyl (C=O) groups is 1. The smallest absolute Gasteiger partial charge is 0.230 e. The maximum absolute atomic E-state index is 11.6. The number of ether oxygens (including phenoxy) is 1. The molecule has 0 aliphatic carbocycles. The standard InChI is InChI=1S/C11H21NO3S/c1-9(2-5-13)16-8-11(14)12-10-3-6-15-7-4-10/h9-10,13H,2-8H2,1H3,(H,12,14). The Morgan fingerprint density at radius 2 is 2.25 bits per heavy atom. The molecule has 0 aromatic heterocycles. The van der Waals surface area contributed by atoms with Gasteiger partial charge in [0.25, 0.3) is 0 Å². The zero-order valence-corrected chi connectivity index (χ0v) is 10.6. The van der Waals surface area contributed by atoms with Gasteiger partial charge in [0, 0.05) is 31.1 Å². The predicted molar refractivity (Wildman–Crippen MR) is 65.6 cm³/mol. The van der Waals surface area contributed by atoms with E-state index in [4.69, 9.17) is 9.84 Å². The molecule has 0 aromatic carbocycles. The van der Waals surface area contributed by atoms with Crippen molar-refractivity contribution in [3.8, 4) is 0 Å². The first-order chi connectivity index (χ1) is 7.72. The monoisotopic (exact) mass is 247 g/mol. The molecule has 16 heavy (non-hydrogen) atoms. The van der Waals surface area contributed by atoms with E-state index in [9.17, 15) is 4.79 Å². The third-order valence-corrected chi connectivity index (χ3v) is 3.85. The molecule has 1 heterocycles. The van der Waals surface area contributed by atoms with E-state index >= 15 is 0 Å². The number of rotatable bonds is 6. The highest BCUT2D eigenvalue weighted by atomic mass is 32.2. The second-order valence-electron chi connectivity index (χ2n) is 4.09. The van der Waals surface area contributed by atoms with Gasteiger partial charge in [-0.15, -0.1) is 11.8 Å². The molecule has 1 amide bonds. The Labute approximate surface area is 101 Å². The van der Waals surface area contributed by atoms with Crippen LogP contribution < -0.4 is 5.32 Å². The number of hydrogen-bond acceptors (Lipinski definition) is 4. The molecule has 2 N–H and O–H groups in total. The third kappa shape index (κ3) is 5.72. The van der Waals surface area contributed by atoms with E-state index in [1.165, 1.54) is 0 Å². The third-order valence-electron chi connectivity index (χ3n) is 2.62. The van der Waals surface area contributed by atoms with Gasteiger partial charge in [-0.25, -0.2) is 0 Å². The number of aliphatic hydroxyl groups excluding tert-OH is 1. The predicted octanol–water partition coefficient (Wildman–Crippen LogP) is 0.786.